The van der Waals surface area contributed by atoms with E-state index in [2.05, 4.69) is 10.6 Å². The minimum Gasteiger partial charge on any atom is -0.497 e. The zero-order valence-corrected chi connectivity index (χ0v) is 15.3. The van der Waals surface area contributed by atoms with Crippen LogP contribution in [0.15, 0.2) is 24.3 Å². The number of likely N-dealkylation sites (tertiary alicyclic amines) is 1. The Morgan fingerprint density at radius 1 is 1.28 bits per heavy atom. The summed E-state index contributed by atoms with van der Waals surface area (Å²) in [5.41, 5.74) is 1.04. The maximum absolute atomic E-state index is 12.4. The Labute approximate surface area is 154 Å². The summed E-state index contributed by atoms with van der Waals surface area (Å²) in [4.78, 5) is 26.4. The molecule has 138 valence electrons. The molecule has 25 heavy (non-hydrogen) atoms. The zero-order chi connectivity index (χ0) is 16.9. The molecule has 3 rings (SSSR count). The van der Waals surface area contributed by atoms with Gasteiger partial charge in [0.15, 0.2) is 0 Å². The first-order valence-corrected chi connectivity index (χ1v) is 8.57. The summed E-state index contributed by atoms with van der Waals surface area (Å²) in [6, 6.07) is 7.92. The molecule has 1 atom stereocenters. The number of nitrogens with zero attached hydrogens (tertiary/aromatic N) is 1. The van der Waals surface area contributed by atoms with E-state index in [1.54, 1.807) is 12.0 Å². The lowest BCUT2D eigenvalue weighted by Crippen LogP contribution is -2.45. The fraction of sp³-hybridized carbons (Fsp3) is 0.556. The number of carbonyl (C=O) groups excluding carboxylic acids is 2. The second-order valence-corrected chi connectivity index (χ2v) is 6.56. The quantitative estimate of drug-likeness (QED) is 0.823. The molecule has 2 saturated heterocycles. The van der Waals surface area contributed by atoms with Gasteiger partial charge < -0.3 is 20.3 Å². The van der Waals surface area contributed by atoms with Crippen molar-refractivity contribution in [1.82, 2.24) is 15.5 Å². The van der Waals surface area contributed by atoms with Crippen molar-refractivity contribution in [3.63, 3.8) is 0 Å². The molecule has 0 radical (unpaired) electrons. The van der Waals surface area contributed by atoms with Gasteiger partial charge in [-0.15, -0.1) is 12.4 Å². The molecule has 0 spiro atoms. The van der Waals surface area contributed by atoms with Crippen molar-refractivity contribution in [2.45, 2.75) is 31.8 Å². The molecule has 2 heterocycles. The van der Waals surface area contributed by atoms with Crippen LogP contribution in [-0.4, -0.2) is 49.5 Å². The Morgan fingerprint density at radius 3 is 2.60 bits per heavy atom. The van der Waals surface area contributed by atoms with Gasteiger partial charge in [-0.25, -0.2) is 0 Å². The zero-order valence-electron chi connectivity index (χ0n) is 14.5. The highest BCUT2D eigenvalue weighted by molar-refractivity contribution is 5.89. The van der Waals surface area contributed by atoms with E-state index in [0.29, 0.717) is 19.5 Å². The van der Waals surface area contributed by atoms with Crippen LogP contribution in [0.5, 0.6) is 5.75 Å². The van der Waals surface area contributed by atoms with E-state index in [-0.39, 0.29) is 36.2 Å². The molecule has 2 fully saturated rings. The highest BCUT2D eigenvalue weighted by Gasteiger charge is 2.35. The topological polar surface area (TPSA) is 70.7 Å². The lowest BCUT2D eigenvalue weighted by atomic mass is 10.0. The van der Waals surface area contributed by atoms with E-state index < -0.39 is 0 Å². The monoisotopic (exact) mass is 367 g/mol. The molecule has 2 aliphatic heterocycles. The second-order valence-electron chi connectivity index (χ2n) is 6.56. The lowest BCUT2D eigenvalue weighted by Gasteiger charge is -2.25. The van der Waals surface area contributed by atoms with Crippen LogP contribution >= 0.6 is 12.4 Å². The summed E-state index contributed by atoms with van der Waals surface area (Å²) in [5, 5.41) is 6.39. The van der Waals surface area contributed by atoms with Crippen LogP contribution in [0.4, 0.5) is 0 Å². The third-order valence-electron chi connectivity index (χ3n) is 4.80. The van der Waals surface area contributed by atoms with Gasteiger partial charge in [0.2, 0.25) is 11.8 Å². The average Bonchev–Trinajstić information content (AvgIpc) is 2.97. The number of piperidine rings is 1. The van der Waals surface area contributed by atoms with Crippen molar-refractivity contribution in [2.24, 2.45) is 5.92 Å². The van der Waals surface area contributed by atoms with Gasteiger partial charge in [0.05, 0.1) is 13.0 Å². The molecular weight excluding hydrogens is 342 g/mol. The minimum absolute atomic E-state index is 0. The highest BCUT2D eigenvalue weighted by Crippen LogP contribution is 2.22. The van der Waals surface area contributed by atoms with Crippen molar-refractivity contribution < 1.29 is 14.3 Å². The molecular formula is C18H26ClN3O3. The summed E-state index contributed by atoms with van der Waals surface area (Å²) < 4.78 is 5.14. The van der Waals surface area contributed by atoms with Crippen LogP contribution in [0.2, 0.25) is 0 Å². The number of carbonyl (C=O) groups is 2. The van der Waals surface area contributed by atoms with Crippen LogP contribution in [0.25, 0.3) is 0 Å². The van der Waals surface area contributed by atoms with Gasteiger partial charge >= 0.3 is 0 Å². The van der Waals surface area contributed by atoms with Crippen molar-refractivity contribution in [3.05, 3.63) is 29.8 Å². The summed E-state index contributed by atoms with van der Waals surface area (Å²) >= 11 is 0. The van der Waals surface area contributed by atoms with E-state index in [4.69, 9.17) is 4.74 Å². The molecule has 2 N–H and O–H groups in total. The number of rotatable bonds is 5. The Kier molecular flexibility index (Phi) is 7.08. The molecule has 0 bridgehead atoms. The highest BCUT2D eigenvalue weighted by atomic mass is 35.5. The van der Waals surface area contributed by atoms with E-state index in [1.165, 1.54) is 0 Å². The number of amides is 2. The summed E-state index contributed by atoms with van der Waals surface area (Å²) in [7, 11) is 1.63. The van der Waals surface area contributed by atoms with Crippen LogP contribution in [0.3, 0.4) is 0 Å². The van der Waals surface area contributed by atoms with Gasteiger partial charge in [-0.05, 0) is 43.6 Å². The first-order chi connectivity index (χ1) is 11.7. The first kappa shape index (κ1) is 19.5. The smallest absolute Gasteiger partial charge is 0.225 e. The first-order valence-electron chi connectivity index (χ1n) is 8.57. The number of hydrogen-bond acceptors (Lipinski definition) is 4. The molecule has 0 saturated carbocycles. The van der Waals surface area contributed by atoms with Crippen LogP contribution in [-0.2, 0) is 16.1 Å². The predicted octanol–water partition coefficient (Wildman–Crippen LogP) is 1.33. The van der Waals surface area contributed by atoms with E-state index in [9.17, 15) is 9.59 Å². The molecule has 1 aromatic rings. The van der Waals surface area contributed by atoms with Crippen molar-refractivity contribution in [2.75, 3.05) is 26.7 Å². The largest absolute Gasteiger partial charge is 0.497 e. The fourth-order valence-corrected chi connectivity index (χ4v) is 3.34. The van der Waals surface area contributed by atoms with E-state index in [1.807, 2.05) is 24.3 Å². The molecule has 2 aliphatic rings. The summed E-state index contributed by atoms with van der Waals surface area (Å²) in [6.07, 6.45) is 2.23. The number of halogens is 1. The summed E-state index contributed by atoms with van der Waals surface area (Å²) in [5.74, 6) is 0.639. The Morgan fingerprint density at radius 2 is 1.96 bits per heavy atom. The SMILES string of the molecule is COc1ccc(CN2CC(C(=O)NC3CCNCC3)CC2=O)cc1.Cl. The van der Waals surface area contributed by atoms with Gasteiger partial charge in [0.25, 0.3) is 0 Å². The number of nitrogens with one attached hydrogen (secondary N) is 2. The van der Waals surface area contributed by atoms with Crippen molar-refractivity contribution >= 4 is 24.2 Å². The Balaban J connectivity index is 0.00000225. The van der Waals surface area contributed by atoms with Gasteiger partial charge in [-0.2, -0.15) is 0 Å². The third-order valence-corrected chi connectivity index (χ3v) is 4.80. The molecule has 0 aliphatic carbocycles. The Bertz CT molecular complexity index is 588. The van der Waals surface area contributed by atoms with Gasteiger partial charge in [-0.3, -0.25) is 9.59 Å². The molecule has 2 amide bonds. The number of methoxy groups -OCH3 is 1. The number of ether oxygens (including phenoxy) is 1. The molecule has 1 unspecified atom stereocenters. The van der Waals surface area contributed by atoms with E-state index in [0.717, 1.165) is 37.2 Å². The average molecular weight is 368 g/mol. The fourth-order valence-electron chi connectivity index (χ4n) is 3.34. The molecule has 1 aromatic carbocycles. The van der Waals surface area contributed by atoms with Crippen LogP contribution < -0.4 is 15.4 Å². The van der Waals surface area contributed by atoms with Crippen molar-refractivity contribution in [1.29, 1.82) is 0 Å². The standard InChI is InChI=1S/C18H25N3O3.ClH/c1-24-16-4-2-13(3-5-16)11-21-12-14(10-17(21)22)18(23)20-15-6-8-19-9-7-15;/h2-5,14-15,19H,6-12H2,1H3,(H,20,23);1H. The normalized spacial score (nSPS) is 20.9. The molecule has 6 nitrogen and oxygen atoms in total. The second kappa shape index (κ2) is 9.06. The molecule has 0 aromatic heterocycles. The maximum atomic E-state index is 12.4. The molecule has 7 heteroatoms. The van der Waals surface area contributed by atoms with Crippen LogP contribution in [0.1, 0.15) is 24.8 Å². The summed E-state index contributed by atoms with van der Waals surface area (Å²) in [6.45, 7) is 2.93. The van der Waals surface area contributed by atoms with Gasteiger partial charge in [0, 0.05) is 25.6 Å². The number of hydrogen-bond donors (Lipinski definition) is 2. The number of benzene rings is 1. The Hall–Kier alpha value is -1.79. The lowest BCUT2D eigenvalue weighted by molar-refractivity contribution is -0.129. The minimum atomic E-state index is -0.231. The van der Waals surface area contributed by atoms with Gasteiger partial charge in [-0.1, -0.05) is 12.1 Å². The van der Waals surface area contributed by atoms with Gasteiger partial charge in [0.1, 0.15) is 5.75 Å². The predicted molar refractivity (Wildman–Crippen MR) is 97.8 cm³/mol. The van der Waals surface area contributed by atoms with Crippen molar-refractivity contribution in [3.8, 4) is 5.75 Å². The maximum Gasteiger partial charge on any atom is 0.225 e. The third kappa shape index (κ3) is 5.09. The van der Waals surface area contributed by atoms with E-state index >= 15 is 0 Å². The van der Waals surface area contributed by atoms with Crippen LogP contribution in [0, 0.1) is 5.92 Å².